The van der Waals surface area contributed by atoms with Gasteiger partial charge in [-0.2, -0.15) is 32.8 Å². The second-order valence-corrected chi connectivity index (χ2v) is 9.08. The van der Waals surface area contributed by atoms with Gasteiger partial charge in [-0.25, -0.2) is 9.67 Å². The van der Waals surface area contributed by atoms with Gasteiger partial charge in [0.1, 0.15) is 11.4 Å². The molecule has 1 aromatic carbocycles. The molecule has 11 nitrogen and oxygen atoms in total. The molecule has 38 heavy (non-hydrogen) atoms. The molecule has 2 aliphatic rings. The van der Waals surface area contributed by atoms with Gasteiger partial charge in [-0.3, -0.25) is 0 Å². The summed E-state index contributed by atoms with van der Waals surface area (Å²) in [5.41, 5.74) is -0.398. The Morgan fingerprint density at radius 3 is 2.55 bits per heavy atom. The fourth-order valence-corrected chi connectivity index (χ4v) is 4.58. The van der Waals surface area contributed by atoms with Crippen LogP contribution < -0.4 is 10.2 Å². The maximum atomic E-state index is 13.7. The second-order valence-electron chi connectivity index (χ2n) is 9.08. The van der Waals surface area contributed by atoms with E-state index >= 15 is 0 Å². The number of hydrogen-bond donors (Lipinski definition) is 1. The van der Waals surface area contributed by atoms with E-state index in [-0.39, 0.29) is 30.3 Å². The summed E-state index contributed by atoms with van der Waals surface area (Å²) < 4.78 is 55.3. The SMILES string of the molecule is FC(F)(F)c1cnn2c(NCc3nc(-c4ccccc4)nn3[C@H]3CCCCO3)nc(N3CCOCC3)nc12. The number of anilines is 2. The van der Waals surface area contributed by atoms with Crippen molar-refractivity contribution in [2.45, 2.75) is 38.2 Å². The first kappa shape index (κ1) is 24.6. The van der Waals surface area contributed by atoms with Crippen molar-refractivity contribution in [3.8, 4) is 11.4 Å². The highest BCUT2D eigenvalue weighted by Gasteiger charge is 2.36. The van der Waals surface area contributed by atoms with Gasteiger partial charge in [0.05, 0.1) is 26.0 Å². The Labute approximate surface area is 215 Å². The zero-order chi connectivity index (χ0) is 26.1. The second kappa shape index (κ2) is 10.2. The van der Waals surface area contributed by atoms with Gasteiger partial charge in [-0.15, -0.1) is 5.10 Å². The molecule has 0 aliphatic carbocycles. The normalized spacial score (nSPS) is 18.7. The number of hydrogen-bond acceptors (Lipinski definition) is 9. The van der Waals surface area contributed by atoms with E-state index in [0.29, 0.717) is 44.6 Å². The van der Waals surface area contributed by atoms with Crippen LogP contribution in [0.3, 0.4) is 0 Å². The third-order valence-electron chi connectivity index (χ3n) is 6.52. The number of aromatic nitrogens is 7. The first-order valence-corrected chi connectivity index (χ1v) is 12.5. The van der Waals surface area contributed by atoms with Crippen LogP contribution in [-0.4, -0.2) is 67.3 Å². The van der Waals surface area contributed by atoms with Crippen LogP contribution in [0.25, 0.3) is 17.0 Å². The number of ether oxygens (including phenoxy) is 2. The van der Waals surface area contributed by atoms with E-state index in [2.05, 4.69) is 20.4 Å². The van der Waals surface area contributed by atoms with E-state index in [1.807, 2.05) is 30.3 Å². The maximum Gasteiger partial charge on any atom is 0.421 e. The summed E-state index contributed by atoms with van der Waals surface area (Å²) in [5, 5.41) is 11.8. The van der Waals surface area contributed by atoms with Crippen LogP contribution in [0, 0.1) is 0 Å². The van der Waals surface area contributed by atoms with Crippen LogP contribution in [0.15, 0.2) is 36.5 Å². The number of nitrogens with one attached hydrogen (secondary N) is 1. The first-order valence-electron chi connectivity index (χ1n) is 12.5. The number of benzene rings is 1. The van der Waals surface area contributed by atoms with E-state index in [9.17, 15) is 13.2 Å². The Morgan fingerprint density at radius 1 is 1.00 bits per heavy atom. The Morgan fingerprint density at radius 2 is 1.82 bits per heavy atom. The van der Waals surface area contributed by atoms with Gasteiger partial charge < -0.3 is 19.7 Å². The molecule has 5 heterocycles. The van der Waals surface area contributed by atoms with E-state index in [1.54, 1.807) is 9.58 Å². The van der Waals surface area contributed by atoms with Gasteiger partial charge in [-0.05, 0) is 19.3 Å². The number of morpholine rings is 1. The quantitative estimate of drug-likeness (QED) is 0.401. The van der Waals surface area contributed by atoms with Crippen molar-refractivity contribution in [2.75, 3.05) is 43.1 Å². The van der Waals surface area contributed by atoms with Crippen LogP contribution >= 0.6 is 0 Å². The molecule has 14 heteroatoms. The fourth-order valence-electron chi connectivity index (χ4n) is 4.58. The van der Waals surface area contributed by atoms with Gasteiger partial charge in [0, 0.05) is 25.3 Å². The molecular weight excluding hydrogens is 503 g/mol. The lowest BCUT2D eigenvalue weighted by atomic mass is 10.2. The summed E-state index contributed by atoms with van der Waals surface area (Å²) in [7, 11) is 0. The number of halogens is 3. The lowest BCUT2D eigenvalue weighted by molar-refractivity contribution is -0.136. The number of alkyl halides is 3. The zero-order valence-electron chi connectivity index (χ0n) is 20.4. The van der Waals surface area contributed by atoms with Crippen molar-refractivity contribution in [1.82, 2.24) is 34.3 Å². The minimum Gasteiger partial charge on any atom is -0.378 e. The third-order valence-corrected chi connectivity index (χ3v) is 6.52. The average molecular weight is 530 g/mol. The minimum atomic E-state index is -4.61. The number of nitrogens with zero attached hydrogens (tertiary/aromatic N) is 8. The predicted molar refractivity (Wildman–Crippen MR) is 130 cm³/mol. The summed E-state index contributed by atoms with van der Waals surface area (Å²) in [6.45, 7) is 2.58. The van der Waals surface area contributed by atoms with E-state index in [0.717, 1.165) is 35.5 Å². The molecule has 0 unspecified atom stereocenters. The van der Waals surface area contributed by atoms with Crippen molar-refractivity contribution in [1.29, 1.82) is 0 Å². The lowest BCUT2D eigenvalue weighted by Crippen LogP contribution is -2.37. The monoisotopic (exact) mass is 529 g/mol. The highest BCUT2D eigenvalue weighted by Crippen LogP contribution is 2.33. The number of fused-ring (bicyclic) bond motifs is 1. The van der Waals surface area contributed by atoms with Crippen LogP contribution in [0.1, 0.15) is 36.9 Å². The fraction of sp³-hybridized carbons (Fsp3) is 0.458. The Hall–Kier alpha value is -3.78. The molecule has 0 spiro atoms. The number of rotatable bonds is 6. The molecule has 200 valence electrons. The van der Waals surface area contributed by atoms with Crippen LogP contribution in [0.2, 0.25) is 0 Å². The molecule has 0 amide bonds. The molecule has 0 saturated carbocycles. The van der Waals surface area contributed by atoms with Gasteiger partial charge in [-0.1, -0.05) is 30.3 Å². The predicted octanol–water partition coefficient (Wildman–Crippen LogP) is 3.55. The smallest absolute Gasteiger partial charge is 0.378 e. The summed E-state index contributed by atoms with van der Waals surface area (Å²) in [6, 6.07) is 9.57. The zero-order valence-corrected chi connectivity index (χ0v) is 20.4. The van der Waals surface area contributed by atoms with E-state index < -0.39 is 11.7 Å². The minimum absolute atomic E-state index is 0.118. The molecule has 4 aromatic rings. The van der Waals surface area contributed by atoms with Crippen molar-refractivity contribution in [3.63, 3.8) is 0 Å². The van der Waals surface area contributed by atoms with Crippen molar-refractivity contribution < 1.29 is 22.6 Å². The van der Waals surface area contributed by atoms with Gasteiger partial charge >= 0.3 is 6.18 Å². The van der Waals surface area contributed by atoms with Crippen LogP contribution in [-0.2, 0) is 22.2 Å². The van der Waals surface area contributed by atoms with Crippen molar-refractivity contribution >= 4 is 17.5 Å². The van der Waals surface area contributed by atoms with Crippen LogP contribution in [0.4, 0.5) is 25.1 Å². The molecule has 2 fully saturated rings. The van der Waals surface area contributed by atoms with E-state index in [4.69, 9.17) is 19.6 Å². The molecule has 2 aliphatic heterocycles. The standard InChI is InChI=1S/C24H26F3N9O2/c25-24(26,27)17-14-29-36-21(17)31-23(34-9-12-37-13-10-34)32-22(36)28-15-18-30-20(16-6-2-1-3-7-16)33-35(18)19-8-4-5-11-38-19/h1-3,6-7,14,19H,4-5,8-13,15H2,(H,28,31,32)/t19-/m1/s1. The van der Waals surface area contributed by atoms with E-state index in [1.165, 1.54) is 0 Å². The molecular formula is C24H26F3N9O2. The Balaban J connectivity index is 1.36. The highest BCUT2D eigenvalue weighted by atomic mass is 19.4. The average Bonchev–Trinajstić information content (AvgIpc) is 3.58. The molecule has 2 saturated heterocycles. The molecule has 1 N–H and O–H groups in total. The van der Waals surface area contributed by atoms with Gasteiger partial charge in [0.15, 0.2) is 17.7 Å². The molecule has 0 radical (unpaired) electrons. The first-order chi connectivity index (χ1) is 18.5. The topological polar surface area (TPSA) is 108 Å². The van der Waals surface area contributed by atoms with Crippen LogP contribution in [0.5, 0.6) is 0 Å². The summed E-state index contributed by atoms with van der Waals surface area (Å²) >= 11 is 0. The summed E-state index contributed by atoms with van der Waals surface area (Å²) in [5.74, 6) is 1.40. The Bertz CT molecular complexity index is 1390. The molecule has 6 rings (SSSR count). The Kier molecular flexibility index (Phi) is 6.57. The molecule has 0 bridgehead atoms. The van der Waals surface area contributed by atoms with Crippen molar-refractivity contribution in [3.05, 3.63) is 47.9 Å². The van der Waals surface area contributed by atoms with Gasteiger partial charge in [0.25, 0.3) is 0 Å². The molecule has 1 atom stereocenters. The molecule has 3 aromatic heterocycles. The largest absolute Gasteiger partial charge is 0.421 e. The third kappa shape index (κ3) is 4.88. The maximum absolute atomic E-state index is 13.7. The van der Waals surface area contributed by atoms with Crippen molar-refractivity contribution in [2.24, 2.45) is 0 Å². The summed E-state index contributed by atoms with van der Waals surface area (Å²) in [4.78, 5) is 15.3. The lowest BCUT2D eigenvalue weighted by Gasteiger charge is -2.27. The highest BCUT2D eigenvalue weighted by molar-refractivity contribution is 5.57. The van der Waals surface area contributed by atoms with Gasteiger partial charge in [0.2, 0.25) is 11.9 Å². The summed E-state index contributed by atoms with van der Waals surface area (Å²) in [6.07, 6.45) is -1.35.